The molecule has 0 radical (unpaired) electrons. The Morgan fingerprint density at radius 3 is 2.64 bits per heavy atom. The van der Waals surface area contributed by atoms with Gasteiger partial charge in [-0.2, -0.15) is 0 Å². The molecule has 4 heterocycles. The highest BCUT2D eigenvalue weighted by atomic mass is 32.1. The van der Waals surface area contributed by atoms with E-state index in [0.717, 1.165) is 39.8 Å². The van der Waals surface area contributed by atoms with Gasteiger partial charge in [0, 0.05) is 49.5 Å². The van der Waals surface area contributed by atoms with E-state index in [2.05, 4.69) is 29.1 Å². The highest BCUT2D eigenvalue weighted by Gasteiger charge is 2.21. The van der Waals surface area contributed by atoms with Crippen molar-refractivity contribution in [3.8, 4) is 27.8 Å². The number of nitrogens with one attached hydrogen (secondary N) is 1. The van der Waals surface area contributed by atoms with E-state index < -0.39 is 17.3 Å². The van der Waals surface area contributed by atoms with Crippen molar-refractivity contribution in [2.75, 3.05) is 11.9 Å². The number of benzene rings is 1. The Kier molecular flexibility index (Phi) is 8.67. The maximum atomic E-state index is 15.2. The van der Waals surface area contributed by atoms with Crippen molar-refractivity contribution in [1.29, 1.82) is 0 Å². The fourth-order valence-electron chi connectivity index (χ4n) is 4.37. The van der Waals surface area contributed by atoms with Gasteiger partial charge in [0.05, 0.1) is 33.7 Å². The Labute approximate surface area is 246 Å². The topological polar surface area (TPSA) is 100 Å². The van der Waals surface area contributed by atoms with Gasteiger partial charge in [0.25, 0.3) is 11.5 Å². The molecule has 0 saturated carbocycles. The Balaban J connectivity index is 1.37. The Morgan fingerprint density at radius 2 is 1.93 bits per heavy atom. The quantitative estimate of drug-likeness (QED) is 0.179. The zero-order valence-corrected chi connectivity index (χ0v) is 24.7. The van der Waals surface area contributed by atoms with Gasteiger partial charge in [-0.15, -0.1) is 11.3 Å². The number of hydrogen-bond acceptors (Lipinski definition) is 7. The summed E-state index contributed by atoms with van der Waals surface area (Å²) in [5, 5.41) is 2.64. The number of amides is 1. The summed E-state index contributed by atoms with van der Waals surface area (Å²) in [6, 6.07) is 9.33. The number of nitrogens with zero attached hydrogens (tertiary/aromatic N) is 4. The first-order valence-electron chi connectivity index (χ1n) is 13.8. The lowest BCUT2D eigenvalue weighted by Crippen LogP contribution is -2.30. The summed E-state index contributed by atoms with van der Waals surface area (Å²) in [6.45, 7) is 9.51. The van der Waals surface area contributed by atoms with Gasteiger partial charge in [0.1, 0.15) is 17.1 Å². The largest absolute Gasteiger partial charge is 0.493 e. The normalized spacial score (nSPS) is 11.3. The molecule has 5 rings (SSSR count). The van der Waals surface area contributed by atoms with Crippen molar-refractivity contribution >= 4 is 33.1 Å². The lowest BCUT2D eigenvalue weighted by molar-refractivity contribution is 0.102. The molecule has 42 heavy (non-hydrogen) atoms. The number of halogens is 1. The Morgan fingerprint density at radius 1 is 1.10 bits per heavy atom. The fourth-order valence-corrected chi connectivity index (χ4v) is 5.40. The van der Waals surface area contributed by atoms with Crippen molar-refractivity contribution in [3.05, 3.63) is 83.1 Å². The number of ether oxygens (including phenoxy) is 2. The Bertz CT molecular complexity index is 1790. The van der Waals surface area contributed by atoms with E-state index in [0.29, 0.717) is 18.2 Å². The SMILES string of the molecule is CCOc1ccn(CCC(C)C)c(=O)c1C(=O)Nc1ccc(Oc2ccnc3cc(-c4cn(CC)cn4)sc23)c(F)c1. The van der Waals surface area contributed by atoms with Crippen molar-refractivity contribution < 1.29 is 18.7 Å². The number of thiophene rings is 1. The van der Waals surface area contributed by atoms with Crippen LogP contribution < -0.4 is 20.3 Å². The minimum absolute atomic E-state index is 0.0172. The van der Waals surface area contributed by atoms with Crippen molar-refractivity contribution in [2.45, 2.75) is 47.2 Å². The summed E-state index contributed by atoms with van der Waals surface area (Å²) in [4.78, 5) is 36.2. The number of aromatic nitrogens is 4. The van der Waals surface area contributed by atoms with Crippen molar-refractivity contribution in [3.63, 3.8) is 0 Å². The van der Waals surface area contributed by atoms with Crippen LogP contribution >= 0.6 is 11.3 Å². The standard InChI is InChI=1S/C31H32FN5O4S/c1-5-36-17-23(34-18-36)27-16-22-29(42-27)26(9-12-33-22)41-24-8-7-20(15-21(24)32)35-30(38)28-25(40-6-2)11-14-37(31(28)39)13-10-19(3)4/h7-9,11-12,14-19H,5-6,10,13H2,1-4H3,(H,35,38). The monoisotopic (exact) mass is 589 g/mol. The molecule has 218 valence electrons. The van der Waals surface area contributed by atoms with Crippen LogP contribution in [0.15, 0.2) is 66.1 Å². The zero-order valence-electron chi connectivity index (χ0n) is 23.9. The second-order valence-corrected chi connectivity index (χ2v) is 11.1. The van der Waals surface area contributed by atoms with Gasteiger partial charge in [0.15, 0.2) is 11.6 Å². The van der Waals surface area contributed by atoms with Crippen LogP contribution in [-0.2, 0) is 13.1 Å². The number of pyridine rings is 2. The van der Waals surface area contributed by atoms with Gasteiger partial charge in [-0.25, -0.2) is 9.37 Å². The molecule has 0 aliphatic heterocycles. The first-order valence-corrected chi connectivity index (χ1v) is 14.6. The van der Waals surface area contributed by atoms with E-state index >= 15 is 4.39 Å². The number of rotatable bonds is 11. The summed E-state index contributed by atoms with van der Waals surface area (Å²) in [5.41, 5.74) is 1.14. The van der Waals surface area contributed by atoms with Gasteiger partial charge < -0.3 is 23.9 Å². The fraction of sp³-hybridized carbons (Fsp3) is 0.290. The van der Waals surface area contributed by atoms with Crippen LogP contribution in [0.2, 0.25) is 0 Å². The predicted octanol–water partition coefficient (Wildman–Crippen LogP) is 6.97. The summed E-state index contributed by atoms with van der Waals surface area (Å²) in [6.07, 6.45) is 7.75. The van der Waals surface area contributed by atoms with E-state index in [1.807, 2.05) is 23.8 Å². The van der Waals surface area contributed by atoms with Crippen LogP contribution in [0.1, 0.15) is 44.5 Å². The van der Waals surface area contributed by atoms with Crippen LogP contribution in [0.5, 0.6) is 17.2 Å². The van der Waals surface area contributed by atoms with E-state index in [4.69, 9.17) is 9.47 Å². The van der Waals surface area contributed by atoms with Crippen LogP contribution in [0.3, 0.4) is 0 Å². The molecule has 4 aromatic heterocycles. The molecule has 0 bridgehead atoms. The molecule has 5 aromatic rings. The van der Waals surface area contributed by atoms with Crippen molar-refractivity contribution in [2.24, 2.45) is 5.92 Å². The first-order chi connectivity index (χ1) is 20.3. The molecule has 1 aromatic carbocycles. The molecule has 0 aliphatic rings. The molecule has 11 heteroatoms. The molecule has 0 aliphatic carbocycles. The zero-order chi connectivity index (χ0) is 29.8. The van der Waals surface area contributed by atoms with E-state index in [1.54, 1.807) is 37.8 Å². The van der Waals surface area contributed by atoms with Gasteiger partial charge in [-0.1, -0.05) is 13.8 Å². The molecule has 1 N–H and O–H groups in total. The van der Waals surface area contributed by atoms with Crippen LogP contribution in [0.4, 0.5) is 10.1 Å². The minimum Gasteiger partial charge on any atom is -0.493 e. The maximum Gasteiger partial charge on any atom is 0.267 e. The van der Waals surface area contributed by atoms with Gasteiger partial charge in [-0.3, -0.25) is 14.6 Å². The molecule has 0 atom stereocenters. The number of aryl methyl sites for hydroxylation is 2. The summed E-state index contributed by atoms with van der Waals surface area (Å²) < 4.78 is 31.0. The number of carbonyl (C=O) groups is 1. The average molecular weight is 590 g/mol. The number of fused-ring (bicyclic) bond motifs is 1. The molecule has 0 fully saturated rings. The van der Waals surface area contributed by atoms with Crippen LogP contribution in [-0.4, -0.2) is 31.6 Å². The number of hydrogen-bond donors (Lipinski definition) is 1. The van der Waals surface area contributed by atoms with Crippen LogP contribution in [0, 0.1) is 11.7 Å². The maximum absolute atomic E-state index is 15.2. The molecule has 0 spiro atoms. The minimum atomic E-state index is -0.678. The lowest BCUT2D eigenvalue weighted by atomic mass is 10.1. The average Bonchev–Trinajstić information content (AvgIpc) is 3.62. The van der Waals surface area contributed by atoms with Crippen molar-refractivity contribution in [1.82, 2.24) is 19.1 Å². The third-order valence-corrected chi connectivity index (χ3v) is 7.80. The Hall–Kier alpha value is -4.51. The number of imidazole rings is 1. The highest BCUT2D eigenvalue weighted by Crippen LogP contribution is 2.39. The molecule has 9 nitrogen and oxygen atoms in total. The number of anilines is 1. The van der Waals surface area contributed by atoms with E-state index in [-0.39, 0.29) is 29.4 Å². The molecular weight excluding hydrogens is 557 g/mol. The lowest BCUT2D eigenvalue weighted by Gasteiger charge is -2.14. The summed E-state index contributed by atoms with van der Waals surface area (Å²) in [5.74, 6) is -0.350. The smallest absolute Gasteiger partial charge is 0.267 e. The molecule has 1 amide bonds. The van der Waals surface area contributed by atoms with Crippen LogP contribution in [0.25, 0.3) is 20.8 Å². The molecular formula is C31H32FN5O4S. The third kappa shape index (κ3) is 6.20. The molecule has 0 unspecified atom stereocenters. The van der Waals surface area contributed by atoms with Gasteiger partial charge in [0.2, 0.25) is 0 Å². The summed E-state index contributed by atoms with van der Waals surface area (Å²) >= 11 is 1.46. The second-order valence-electron chi connectivity index (χ2n) is 10.1. The van der Waals surface area contributed by atoms with Gasteiger partial charge in [-0.05, 0) is 50.5 Å². The van der Waals surface area contributed by atoms with Gasteiger partial charge >= 0.3 is 0 Å². The van der Waals surface area contributed by atoms with E-state index in [9.17, 15) is 9.59 Å². The summed E-state index contributed by atoms with van der Waals surface area (Å²) in [7, 11) is 0. The predicted molar refractivity (Wildman–Crippen MR) is 162 cm³/mol. The van der Waals surface area contributed by atoms with E-state index in [1.165, 1.54) is 28.0 Å². The molecule has 0 saturated heterocycles. The highest BCUT2D eigenvalue weighted by molar-refractivity contribution is 7.22. The second kappa shape index (κ2) is 12.6. The first kappa shape index (κ1) is 29.0. The number of carbonyl (C=O) groups excluding carboxylic acids is 1. The third-order valence-electron chi connectivity index (χ3n) is 6.64.